The molecule has 288 valence electrons. The molecule has 0 aliphatic rings. The lowest BCUT2D eigenvalue weighted by atomic mass is 10.2. The molecular formula is C32H67NO14Si. The van der Waals surface area contributed by atoms with E-state index in [1.165, 1.54) is 0 Å². The number of carbonyl (C=O) groups is 1. The molecule has 0 fully saturated rings. The third-order valence-electron chi connectivity index (χ3n) is 5.40. The number of alkyl carbamates (subject to hydrolysis) is 1. The second-order valence-corrected chi connectivity index (χ2v) is 16.6. The highest BCUT2D eigenvalue weighted by Gasteiger charge is 2.15. The molecule has 0 saturated carbocycles. The molecule has 0 aromatic carbocycles. The summed E-state index contributed by atoms with van der Waals surface area (Å²) >= 11 is 0. The van der Waals surface area contributed by atoms with Gasteiger partial charge in [-0.15, -0.1) is 0 Å². The summed E-state index contributed by atoms with van der Waals surface area (Å²) in [5.74, 6) is 0. The molecule has 0 aromatic rings. The van der Waals surface area contributed by atoms with Crippen molar-refractivity contribution >= 4 is 14.4 Å². The van der Waals surface area contributed by atoms with Crippen molar-refractivity contribution in [3.8, 4) is 0 Å². The molecule has 15 nitrogen and oxygen atoms in total. The van der Waals surface area contributed by atoms with Crippen molar-refractivity contribution in [3.05, 3.63) is 0 Å². The fourth-order valence-electron chi connectivity index (χ4n) is 3.25. The Kier molecular flexibility index (Phi) is 33.7. The second kappa shape index (κ2) is 34.5. The monoisotopic (exact) mass is 717 g/mol. The van der Waals surface area contributed by atoms with Gasteiger partial charge in [0.15, 0.2) is 8.32 Å². The van der Waals surface area contributed by atoms with Crippen LogP contribution in [0.4, 0.5) is 4.79 Å². The van der Waals surface area contributed by atoms with Crippen LogP contribution in [0.1, 0.15) is 20.8 Å². The number of nitrogens with one attached hydrogen (secondary N) is 1. The molecule has 16 heteroatoms. The van der Waals surface area contributed by atoms with Gasteiger partial charge in [-0.3, -0.25) is 0 Å². The van der Waals surface area contributed by atoms with E-state index in [4.69, 9.17) is 61.3 Å². The maximum atomic E-state index is 11.5. The zero-order valence-electron chi connectivity index (χ0n) is 30.7. The van der Waals surface area contributed by atoms with Gasteiger partial charge < -0.3 is 66.6 Å². The molecule has 0 saturated heterocycles. The summed E-state index contributed by atoms with van der Waals surface area (Å²) in [7, 11) is -1.46. The van der Waals surface area contributed by atoms with Gasteiger partial charge in [0.25, 0.3) is 0 Å². The average Bonchev–Trinajstić information content (AvgIpc) is 3.01. The Morgan fingerprint density at radius 1 is 0.417 bits per heavy atom. The van der Waals surface area contributed by atoms with E-state index < -0.39 is 20.0 Å². The van der Waals surface area contributed by atoms with E-state index in [0.29, 0.717) is 159 Å². The van der Waals surface area contributed by atoms with E-state index in [1.54, 1.807) is 0 Å². The van der Waals surface area contributed by atoms with Crippen molar-refractivity contribution in [2.75, 3.05) is 159 Å². The summed E-state index contributed by atoms with van der Waals surface area (Å²) in [5, 5.41) is 2.63. The lowest BCUT2D eigenvalue weighted by Gasteiger charge is -2.19. The largest absolute Gasteiger partial charge is 0.444 e. The normalized spacial score (nSPS) is 12.1. The van der Waals surface area contributed by atoms with Gasteiger partial charge in [0.1, 0.15) is 5.60 Å². The van der Waals surface area contributed by atoms with Crippen molar-refractivity contribution in [1.82, 2.24) is 5.32 Å². The minimum absolute atomic E-state index is 0.383. The van der Waals surface area contributed by atoms with Crippen LogP contribution >= 0.6 is 0 Å². The lowest BCUT2D eigenvalue weighted by molar-refractivity contribution is -0.0277. The summed E-state index contributed by atoms with van der Waals surface area (Å²) in [6.45, 7) is 24.0. The first-order valence-corrected chi connectivity index (χ1v) is 20.5. The Labute approximate surface area is 290 Å². The standard InChI is InChI=1S/C32H67NO14Si/c1-32(2,3)47-31(34)33-7-8-35-9-10-36-11-12-37-13-14-38-15-16-39-17-18-40-19-20-41-21-22-42-23-24-43-25-26-44-27-28-45-29-30-46-48(4,5)6/h7-30H2,1-6H3,(H,33,34). The lowest BCUT2D eigenvalue weighted by Crippen LogP contribution is -2.34. The molecule has 0 aromatic heterocycles. The molecule has 48 heavy (non-hydrogen) atoms. The smallest absolute Gasteiger partial charge is 0.407 e. The van der Waals surface area contributed by atoms with Gasteiger partial charge in [0.05, 0.1) is 152 Å². The molecule has 0 bridgehead atoms. The molecule has 0 radical (unpaired) electrons. The van der Waals surface area contributed by atoms with Crippen LogP contribution in [0.25, 0.3) is 0 Å². The van der Waals surface area contributed by atoms with E-state index in [2.05, 4.69) is 25.0 Å². The molecule has 0 aliphatic carbocycles. The maximum Gasteiger partial charge on any atom is 0.407 e. The van der Waals surface area contributed by atoms with Crippen LogP contribution in [0.15, 0.2) is 0 Å². The van der Waals surface area contributed by atoms with Gasteiger partial charge in [0.2, 0.25) is 0 Å². The molecule has 0 spiro atoms. The number of rotatable bonds is 37. The number of ether oxygens (including phenoxy) is 12. The number of amides is 1. The quantitative estimate of drug-likeness (QED) is 0.0741. The van der Waals surface area contributed by atoms with Crippen LogP contribution in [-0.4, -0.2) is 179 Å². The van der Waals surface area contributed by atoms with Gasteiger partial charge in [0, 0.05) is 6.54 Å². The van der Waals surface area contributed by atoms with Crippen LogP contribution in [0.2, 0.25) is 19.6 Å². The first-order valence-electron chi connectivity index (χ1n) is 17.1. The van der Waals surface area contributed by atoms with Crippen molar-refractivity contribution in [2.45, 2.75) is 46.0 Å². The highest BCUT2D eigenvalue weighted by molar-refractivity contribution is 6.69. The fourth-order valence-corrected chi connectivity index (χ4v) is 3.94. The molecule has 0 aliphatic heterocycles. The van der Waals surface area contributed by atoms with Crippen LogP contribution in [0, 0.1) is 0 Å². The predicted molar refractivity (Wildman–Crippen MR) is 183 cm³/mol. The summed E-state index contributed by atoms with van der Waals surface area (Å²) in [4.78, 5) is 11.5. The van der Waals surface area contributed by atoms with Crippen molar-refractivity contribution in [2.24, 2.45) is 0 Å². The first-order chi connectivity index (χ1) is 23.1. The number of hydrogen-bond acceptors (Lipinski definition) is 14. The Balaban J connectivity index is 3.11. The molecule has 0 rings (SSSR count). The molecule has 1 amide bonds. The fraction of sp³-hybridized carbons (Fsp3) is 0.969. The number of hydrogen-bond donors (Lipinski definition) is 1. The molecule has 0 unspecified atom stereocenters. The Morgan fingerprint density at radius 3 is 0.875 bits per heavy atom. The summed E-state index contributed by atoms with van der Waals surface area (Å²) in [5.41, 5.74) is -0.511. The highest BCUT2D eigenvalue weighted by Crippen LogP contribution is 2.06. The van der Waals surface area contributed by atoms with Crippen molar-refractivity contribution < 1.29 is 66.1 Å². The Bertz CT molecular complexity index is 682. The van der Waals surface area contributed by atoms with Crippen LogP contribution in [-0.2, 0) is 61.3 Å². The average molecular weight is 718 g/mol. The van der Waals surface area contributed by atoms with Gasteiger partial charge >= 0.3 is 6.09 Å². The van der Waals surface area contributed by atoms with Crippen LogP contribution in [0.3, 0.4) is 0 Å². The number of carbonyl (C=O) groups excluding carboxylic acids is 1. The van der Waals surface area contributed by atoms with Crippen LogP contribution < -0.4 is 5.32 Å². The molecule has 1 N–H and O–H groups in total. The van der Waals surface area contributed by atoms with E-state index in [-0.39, 0.29) is 0 Å². The highest BCUT2D eigenvalue weighted by atomic mass is 28.4. The van der Waals surface area contributed by atoms with Crippen molar-refractivity contribution in [1.29, 1.82) is 0 Å². The first kappa shape index (κ1) is 47.0. The Morgan fingerprint density at radius 2 is 0.646 bits per heavy atom. The summed E-state index contributed by atoms with van der Waals surface area (Å²) in [6.07, 6.45) is -0.452. The second-order valence-electron chi connectivity index (χ2n) is 12.1. The van der Waals surface area contributed by atoms with E-state index >= 15 is 0 Å². The van der Waals surface area contributed by atoms with Gasteiger partial charge in [-0.2, -0.15) is 0 Å². The topological polar surface area (TPSA) is 149 Å². The minimum Gasteiger partial charge on any atom is -0.444 e. The summed E-state index contributed by atoms with van der Waals surface area (Å²) < 4.78 is 70.9. The Hall–Kier alpha value is -0.993. The van der Waals surface area contributed by atoms with Gasteiger partial charge in [-0.1, -0.05) is 0 Å². The predicted octanol–water partition coefficient (Wildman–Crippen LogP) is 2.55. The molecule has 0 heterocycles. The van der Waals surface area contributed by atoms with Gasteiger partial charge in [-0.25, -0.2) is 4.79 Å². The van der Waals surface area contributed by atoms with E-state index in [1.807, 2.05) is 20.8 Å². The van der Waals surface area contributed by atoms with E-state index in [9.17, 15) is 4.79 Å². The zero-order chi connectivity index (χ0) is 35.4. The third-order valence-corrected chi connectivity index (χ3v) is 6.47. The van der Waals surface area contributed by atoms with Crippen molar-refractivity contribution in [3.63, 3.8) is 0 Å². The summed E-state index contributed by atoms with van der Waals surface area (Å²) in [6, 6.07) is 0. The van der Waals surface area contributed by atoms with Gasteiger partial charge in [-0.05, 0) is 40.4 Å². The minimum atomic E-state index is -1.46. The van der Waals surface area contributed by atoms with E-state index in [0.717, 1.165) is 0 Å². The third kappa shape index (κ3) is 43.0. The molecular weight excluding hydrogens is 650 g/mol. The maximum absolute atomic E-state index is 11.5. The zero-order valence-corrected chi connectivity index (χ0v) is 31.7. The SMILES string of the molecule is CC(C)(C)OC(=O)NCCOCCOCCOCCOCCOCCOCCOCCOCCOCCOCCOCCO[Si](C)(C)C. The molecule has 0 atom stereocenters. The van der Waals surface area contributed by atoms with Crippen LogP contribution in [0.5, 0.6) is 0 Å².